The van der Waals surface area contributed by atoms with E-state index in [9.17, 15) is 20.1 Å². The fourth-order valence-corrected chi connectivity index (χ4v) is 2.37. The Morgan fingerprint density at radius 2 is 1.65 bits per heavy atom. The summed E-state index contributed by atoms with van der Waals surface area (Å²) >= 11 is 0. The fraction of sp³-hybridized carbons (Fsp3) is 0.286. The third-order valence-corrected chi connectivity index (χ3v) is 3.31. The number of ether oxygens (including phenoxy) is 1. The highest BCUT2D eigenvalue weighted by atomic mass is 16.5. The average Bonchev–Trinajstić information content (AvgIpc) is 2.46. The minimum atomic E-state index is -1.10. The molecule has 1 saturated heterocycles. The van der Waals surface area contributed by atoms with Crippen LogP contribution in [-0.4, -0.2) is 18.9 Å². The van der Waals surface area contributed by atoms with E-state index in [1.807, 2.05) is 12.1 Å². The van der Waals surface area contributed by atoms with Crippen molar-refractivity contribution in [3.63, 3.8) is 0 Å². The first kappa shape index (κ1) is 13.6. The van der Waals surface area contributed by atoms with Crippen molar-refractivity contribution in [3.8, 4) is 17.9 Å². The number of nitrogens with zero attached hydrogens (tertiary/aromatic N) is 2. The van der Waals surface area contributed by atoms with E-state index in [1.54, 1.807) is 24.3 Å². The van der Waals surface area contributed by atoms with E-state index in [2.05, 4.69) is 5.32 Å². The lowest BCUT2D eigenvalue weighted by Gasteiger charge is -2.30. The lowest BCUT2D eigenvalue weighted by atomic mass is 9.74. The molecule has 1 aliphatic rings. The van der Waals surface area contributed by atoms with Crippen molar-refractivity contribution < 1.29 is 14.3 Å². The number of benzene rings is 1. The van der Waals surface area contributed by atoms with Crippen molar-refractivity contribution in [2.45, 2.75) is 5.92 Å². The van der Waals surface area contributed by atoms with Gasteiger partial charge in [0.2, 0.25) is 11.8 Å². The van der Waals surface area contributed by atoms with Crippen LogP contribution in [0.25, 0.3) is 0 Å². The van der Waals surface area contributed by atoms with Gasteiger partial charge < -0.3 is 4.74 Å². The highest BCUT2D eigenvalue weighted by Gasteiger charge is 2.46. The summed E-state index contributed by atoms with van der Waals surface area (Å²) in [6, 6.07) is 10.5. The van der Waals surface area contributed by atoms with Crippen LogP contribution < -0.4 is 10.1 Å². The van der Waals surface area contributed by atoms with E-state index in [1.165, 1.54) is 7.11 Å². The molecule has 6 heteroatoms. The summed E-state index contributed by atoms with van der Waals surface area (Å²) in [5.74, 6) is -3.95. The molecule has 0 saturated carbocycles. The molecule has 0 aromatic heterocycles. The first-order chi connectivity index (χ1) is 9.63. The molecule has 1 aliphatic heterocycles. The number of nitrogens with one attached hydrogen (secondary N) is 1. The van der Waals surface area contributed by atoms with Gasteiger partial charge in [-0.1, -0.05) is 18.2 Å². The molecule has 2 rings (SSSR count). The van der Waals surface area contributed by atoms with Gasteiger partial charge in [0.25, 0.3) is 0 Å². The molecule has 0 radical (unpaired) electrons. The lowest BCUT2D eigenvalue weighted by Crippen LogP contribution is -2.49. The van der Waals surface area contributed by atoms with Crippen molar-refractivity contribution >= 4 is 11.8 Å². The summed E-state index contributed by atoms with van der Waals surface area (Å²) in [4.78, 5) is 23.6. The minimum Gasteiger partial charge on any atom is -0.496 e. The molecule has 0 spiro atoms. The maximum Gasteiger partial charge on any atom is 0.244 e. The average molecular weight is 269 g/mol. The van der Waals surface area contributed by atoms with E-state index in [-0.39, 0.29) is 0 Å². The van der Waals surface area contributed by atoms with Gasteiger partial charge in [0.15, 0.2) is 0 Å². The molecule has 1 N–H and O–H groups in total. The van der Waals surface area contributed by atoms with Crippen molar-refractivity contribution in [2.75, 3.05) is 7.11 Å². The van der Waals surface area contributed by atoms with Crippen molar-refractivity contribution in [1.82, 2.24) is 5.32 Å². The summed E-state index contributed by atoms with van der Waals surface area (Å²) in [5, 5.41) is 20.4. The normalized spacial score (nSPS) is 22.6. The number of hydrogen-bond donors (Lipinski definition) is 1. The summed E-state index contributed by atoms with van der Waals surface area (Å²) in [6.45, 7) is 0. The molecule has 1 fully saturated rings. The van der Waals surface area contributed by atoms with Gasteiger partial charge in [0, 0.05) is 11.5 Å². The highest BCUT2D eigenvalue weighted by molar-refractivity contribution is 6.03. The monoisotopic (exact) mass is 269 g/mol. The Bertz CT molecular complexity index is 610. The van der Waals surface area contributed by atoms with Crippen LogP contribution in [0.1, 0.15) is 11.5 Å². The van der Waals surface area contributed by atoms with Crippen LogP contribution >= 0.6 is 0 Å². The summed E-state index contributed by atoms with van der Waals surface area (Å²) in [7, 11) is 1.45. The lowest BCUT2D eigenvalue weighted by molar-refractivity contribution is -0.137. The summed E-state index contributed by atoms with van der Waals surface area (Å²) < 4.78 is 5.19. The maximum absolute atomic E-state index is 11.8. The Hall–Kier alpha value is -2.86. The van der Waals surface area contributed by atoms with Crippen LogP contribution in [0.4, 0.5) is 0 Å². The molecular weight excluding hydrogens is 258 g/mol. The van der Waals surface area contributed by atoms with Gasteiger partial charge in [0.05, 0.1) is 19.2 Å². The maximum atomic E-state index is 11.8. The van der Waals surface area contributed by atoms with Crippen molar-refractivity contribution in [1.29, 1.82) is 10.5 Å². The SMILES string of the molecule is COc1ccccc1C1[C@@H](C#N)C(=O)NC(=O)[C@@H]1C#N. The van der Waals surface area contributed by atoms with Crippen LogP contribution in [0.2, 0.25) is 0 Å². The Morgan fingerprint density at radius 1 is 1.10 bits per heavy atom. The fourth-order valence-electron chi connectivity index (χ4n) is 2.37. The Labute approximate surface area is 115 Å². The number of hydrogen-bond acceptors (Lipinski definition) is 5. The number of carbonyl (C=O) groups is 2. The third-order valence-electron chi connectivity index (χ3n) is 3.31. The molecule has 20 heavy (non-hydrogen) atoms. The van der Waals surface area contributed by atoms with Gasteiger partial charge in [-0.3, -0.25) is 14.9 Å². The molecule has 0 aliphatic carbocycles. The molecular formula is C14H11N3O3. The van der Waals surface area contributed by atoms with Crippen molar-refractivity contribution in [3.05, 3.63) is 29.8 Å². The predicted molar refractivity (Wildman–Crippen MR) is 67.1 cm³/mol. The quantitative estimate of drug-likeness (QED) is 0.796. The van der Waals surface area contributed by atoms with Crippen LogP contribution in [0.5, 0.6) is 5.75 Å². The second kappa shape index (κ2) is 5.41. The number of carbonyl (C=O) groups excluding carboxylic acids is 2. The number of amides is 2. The highest BCUT2D eigenvalue weighted by Crippen LogP contribution is 2.39. The van der Waals surface area contributed by atoms with Crippen LogP contribution in [0.3, 0.4) is 0 Å². The molecule has 1 aromatic carbocycles. The number of imide groups is 1. The zero-order chi connectivity index (χ0) is 14.7. The number of methoxy groups -OCH3 is 1. The first-order valence-corrected chi connectivity index (χ1v) is 5.91. The van der Waals surface area contributed by atoms with E-state index in [4.69, 9.17) is 4.74 Å². The Balaban J connectivity index is 2.59. The van der Waals surface area contributed by atoms with Gasteiger partial charge in [-0.15, -0.1) is 0 Å². The van der Waals surface area contributed by atoms with Crippen LogP contribution in [0, 0.1) is 34.5 Å². The number of para-hydroxylation sites is 1. The van der Waals surface area contributed by atoms with E-state index < -0.39 is 29.6 Å². The molecule has 1 heterocycles. The van der Waals surface area contributed by atoms with Gasteiger partial charge in [0.1, 0.15) is 17.6 Å². The molecule has 100 valence electrons. The standard InChI is InChI=1S/C14H11N3O3/c1-20-11-5-3-2-4-8(11)12-9(6-15)13(18)17-14(19)10(12)7-16/h2-5,9-10,12H,1H3,(H,17,18,19)/t9-,10-/m1/s1. The topological polar surface area (TPSA) is 103 Å². The molecule has 2 amide bonds. The summed E-state index contributed by atoms with van der Waals surface area (Å²) in [6.07, 6.45) is 0. The number of piperidine rings is 1. The van der Waals surface area contributed by atoms with Gasteiger partial charge in [-0.25, -0.2) is 0 Å². The second-order valence-electron chi connectivity index (χ2n) is 4.33. The van der Waals surface area contributed by atoms with E-state index in [0.717, 1.165) is 0 Å². The van der Waals surface area contributed by atoms with Gasteiger partial charge >= 0.3 is 0 Å². The molecule has 2 atom stereocenters. The van der Waals surface area contributed by atoms with Gasteiger partial charge in [-0.05, 0) is 6.07 Å². The Morgan fingerprint density at radius 3 is 2.15 bits per heavy atom. The molecule has 6 nitrogen and oxygen atoms in total. The predicted octanol–water partition coefficient (Wildman–Crippen LogP) is 0.715. The van der Waals surface area contributed by atoms with Crippen LogP contribution in [-0.2, 0) is 9.59 Å². The van der Waals surface area contributed by atoms with Gasteiger partial charge in [-0.2, -0.15) is 10.5 Å². The number of rotatable bonds is 2. The third kappa shape index (κ3) is 2.08. The van der Waals surface area contributed by atoms with Crippen molar-refractivity contribution in [2.24, 2.45) is 11.8 Å². The second-order valence-corrected chi connectivity index (χ2v) is 4.33. The number of nitriles is 2. The first-order valence-electron chi connectivity index (χ1n) is 5.91. The minimum absolute atomic E-state index is 0.445. The largest absolute Gasteiger partial charge is 0.496 e. The van der Waals surface area contributed by atoms with E-state index in [0.29, 0.717) is 11.3 Å². The zero-order valence-corrected chi connectivity index (χ0v) is 10.7. The molecule has 0 bridgehead atoms. The van der Waals surface area contributed by atoms with Crippen LogP contribution in [0.15, 0.2) is 24.3 Å². The summed E-state index contributed by atoms with van der Waals surface area (Å²) in [5.41, 5.74) is 0.510. The van der Waals surface area contributed by atoms with E-state index >= 15 is 0 Å². The molecule has 1 aromatic rings. The Kier molecular flexibility index (Phi) is 3.67. The zero-order valence-electron chi connectivity index (χ0n) is 10.7. The molecule has 0 unspecified atom stereocenters. The smallest absolute Gasteiger partial charge is 0.244 e.